The molecule has 1 aromatic carbocycles. The van der Waals surface area contributed by atoms with Crippen LogP contribution in [-0.2, 0) is 13.5 Å². The number of aromatic nitrogens is 2. The second-order valence-corrected chi connectivity index (χ2v) is 4.48. The van der Waals surface area contributed by atoms with Crippen LogP contribution in [0, 0.1) is 6.92 Å². The number of nitrogens with two attached hydrogens (primary N) is 1. The number of nitrogens with zero attached hydrogens (tertiary/aromatic N) is 2. The summed E-state index contributed by atoms with van der Waals surface area (Å²) in [6.45, 7) is 1.98. The van der Waals surface area contributed by atoms with Crippen molar-refractivity contribution in [1.82, 2.24) is 9.78 Å². The Morgan fingerprint density at radius 2 is 2.21 bits per heavy atom. The fourth-order valence-electron chi connectivity index (χ4n) is 1.98. The van der Waals surface area contributed by atoms with E-state index in [4.69, 9.17) is 10.5 Å². The van der Waals surface area contributed by atoms with Gasteiger partial charge in [-0.05, 0) is 13.0 Å². The Balaban J connectivity index is 2.28. The number of rotatable bonds is 4. The van der Waals surface area contributed by atoms with Gasteiger partial charge in [-0.25, -0.2) is 0 Å². The molecular weight excluding hydrogens is 242 g/mol. The number of hydrogen-bond donors (Lipinski definition) is 1. The molecule has 5 nitrogen and oxygen atoms in total. The van der Waals surface area contributed by atoms with Gasteiger partial charge in [0, 0.05) is 19.0 Å². The molecule has 1 heterocycles. The molecule has 0 unspecified atom stereocenters. The first-order valence-corrected chi connectivity index (χ1v) is 5.97. The van der Waals surface area contributed by atoms with Gasteiger partial charge >= 0.3 is 0 Å². The number of ketones is 1. The summed E-state index contributed by atoms with van der Waals surface area (Å²) in [5, 5.41) is 3.98. The molecular formula is C14H17N3O2. The molecule has 0 saturated carbocycles. The van der Waals surface area contributed by atoms with Gasteiger partial charge in [0.2, 0.25) is 0 Å². The smallest absolute Gasteiger partial charge is 0.172 e. The standard InChI is InChI=1S/C14H17N3O2/c1-9-4-5-13(19-3)10(6-9)7-12(18)11-8-16-17(2)14(11)15/h4-6,8H,7,15H2,1-3H3. The fourth-order valence-corrected chi connectivity index (χ4v) is 1.98. The topological polar surface area (TPSA) is 70.1 Å². The van der Waals surface area contributed by atoms with Crippen molar-refractivity contribution >= 4 is 11.6 Å². The lowest BCUT2D eigenvalue weighted by atomic mass is 10.0. The fraction of sp³-hybridized carbons (Fsp3) is 0.286. The Morgan fingerprint density at radius 1 is 1.47 bits per heavy atom. The van der Waals surface area contributed by atoms with Crippen LogP contribution in [0.2, 0.25) is 0 Å². The predicted octanol–water partition coefficient (Wildman–Crippen LogP) is 1.74. The minimum Gasteiger partial charge on any atom is -0.496 e. The van der Waals surface area contributed by atoms with Gasteiger partial charge in [-0.2, -0.15) is 5.10 Å². The zero-order valence-corrected chi connectivity index (χ0v) is 11.3. The molecule has 0 aliphatic carbocycles. The normalized spacial score (nSPS) is 10.5. The number of ether oxygens (including phenoxy) is 1. The Morgan fingerprint density at radius 3 is 2.79 bits per heavy atom. The van der Waals surface area contributed by atoms with Crippen molar-refractivity contribution in [2.75, 3.05) is 12.8 Å². The first kappa shape index (κ1) is 13.1. The van der Waals surface area contributed by atoms with Gasteiger partial charge in [0.25, 0.3) is 0 Å². The highest BCUT2D eigenvalue weighted by molar-refractivity contribution is 6.01. The molecule has 0 aliphatic heterocycles. The van der Waals surface area contributed by atoms with Gasteiger partial charge in [0.05, 0.1) is 18.9 Å². The van der Waals surface area contributed by atoms with Crippen molar-refractivity contribution in [3.8, 4) is 5.75 Å². The number of Topliss-reactive ketones (excluding diaryl/α,β-unsaturated/α-hetero) is 1. The summed E-state index contributed by atoms with van der Waals surface area (Å²) in [6, 6.07) is 5.76. The van der Waals surface area contributed by atoms with Crippen molar-refractivity contribution in [3.05, 3.63) is 41.1 Å². The van der Waals surface area contributed by atoms with Crippen molar-refractivity contribution in [3.63, 3.8) is 0 Å². The van der Waals surface area contributed by atoms with Crippen LogP contribution < -0.4 is 10.5 Å². The second-order valence-electron chi connectivity index (χ2n) is 4.48. The first-order chi connectivity index (χ1) is 9.02. The average Bonchev–Trinajstić information content (AvgIpc) is 2.70. The maximum atomic E-state index is 12.2. The van der Waals surface area contributed by atoms with E-state index >= 15 is 0 Å². The zero-order chi connectivity index (χ0) is 14.0. The van der Waals surface area contributed by atoms with Gasteiger partial charge < -0.3 is 10.5 Å². The van der Waals surface area contributed by atoms with E-state index in [9.17, 15) is 4.79 Å². The van der Waals surface area contributed by atoms with Gasteiger partial charge in [0.1, 0.15) is 11.6 Å². The Bertz CT molecular complexity index is 617. The van der Waals surface area contributed by atoms with Crippen LogP contribution in [0.5, 0.6) is 5.75 Å². The van der Waals surface area contributed by atoms with Gasteiger partial charge in [0.15, 0.2) is 5.78 Å². The summed E-state index contributed by atoms with van der Waals surface area (Å²) in [6.07, 6.45) is 1.75. The number of anilines is 1. The minimum atomic E-state index is -0.0606. The van der Waals surface area contributed by atoms with E-state index in [0.29, 0.717) is 17.1 Å². The van der Waals surface area contributed by atoms with Crippen LogP contribution >= 0.6 is 0 Å². The Hall–Kier alpha value is -2.30. The van der Waals surface area contributed by atoms with E-state index in [1.807, 2.05) is 25.1 Å². The summed E-state index contributed by atoms with van der Waals surface area (Å²) < 4.78 is 6.76. The van der Waals surface area contributed by atoms with E-state index in [1.165, 1.54) is 10.9 Å². The number of carbonyl (C=O) groups is 1. The van der Waals surface area contributed by atoms with E-state index in [-0.39, 0.29) is 12.2 Å². The highest BCUT2D eigenvalue weighted by Crippen LogP contribution is 2.22. The molecule has 2 aromatic rings. The molecule has 2 N–H and O–H groups in total. The van der Waals surface area contributed by atoms with E-state index in [0.717, 1.165) is 11.1 Å². The van der Waals surface area contributed by atoms with E-state index in [1.54, 1.807) is 14.2 Å². The summed E-state index contributed by atoms with van der Waals surface area (Å²) in [4.78, 5) is 12.2. The summed E-state index contributed by atoms with van der Waals surface area (Å²) in [5.74, 6) is 1.03. The summed E-state index contributed by atoms with van der Waals surface area (Å²) in [7, 11) is 3.30. The molecule has 0 bridgehead atoms. The average molecular weight is 259 g/mol. The Labute approximate surface area is 112 Å². The molecule has 100 valence electrons. The molecule has 0 atom stereocenters. The lowest BCUT2D eigenvalue weighted by Gasteiger charge is -2.08. The first-order valence-electron chi connectivity index (χ1n) is 5.97. The van der Waals surface area contributed by atoms with Crippen molar-refractivity contribution in [1.29, 1.82) is 0 Å². The van der Waals surface area contributed by atoms with E-state index < -0.39 is 0 Å². The van der Waals surface area contributed by atoms with Gasteiger partial charge in [-0.1, -0.05) is 17.7 Å². The monoisotopic (exact) mass is 259 g/mol. The minimum absolute atomic E-state index is 0.0606. The molecule has 0 amide bonds. The number of nitrogen functional groups attached to an aromatic ring is 1. The Kier molecular flexibility index (Phi) is 3.55. The number of aryl methyl sites for hydroxylation is 2. The molecule has 2 rings (SSSR count). The number of carbonyl (C=O) groups excluding carboxylic acids is 1. The molecule has 19 heavy (non-hydrogen) atoms. The maximum absolute atomic E-state index is 12.2. The zero-order valence-electron chi connectivity index (χ0n) is 11.3. The predicted molar refractivity (Wildman–Crippen MR) is 73.4 cm³/mol. The lowest BCUT2D eigenvalue weighted by Crippen LogP contribution is -2.08. The third kappa shape index (κ3) is 2.59. The summed E-state index contributed by atoms with van der Waals surface area (Å²) in [5.41, 5.74) is 8.20. The highest BCUT2D eigenvalue weighted by Gasteiger charge is 2.16. The number of hydrogen-bond acceptors (Lipinski definition) is 4. The van der Waals surface area contributed by atoms with Crippen LogP contribution in [0.4, 0.5) is 5.82 Å². The van der Waals surface area contributed by atoms with E-state index in [2.05, 4.69) is 5.10 Å². The number of methoxy groups -OCH3 is 1. The van der Waals surface area contributed by atoms with Crippen molar-refractivity contribution in [2.24, 2.45) is 7.05 Å². The maximum Gasteiger partial charge on any atom is 0.172 e. The molecule has 0 aliphatic rings. The third-order valence-corrected chi connectivity index (χ3v) is 3.07. The van der Waals surface area contributed by atoms with Crippen LogP contribution in [0.25, 0.3) is 0 Å². The highest BCUT2D eigenvalue weighted by atomic mass is 16.5. The van der Waals surface area contributed by atoms with Crippen LogP contribution in [0.15, 0.2) is 24.4 Å². The van der Waals surface area contributed by atoms with Crippen molar-refractivity contribution < 1.29 is 9.53 Å². The lowest BCUT2D eigenvalue weighted by molar-refractivity contribution is 0.0993. The van der Waals surface area contributed by atoms with Gasteiger partial charge in [-0.15, -0.1) is 0 Å². The van der Waals surface area contributed by atoms with Gasteiger partial charge in [-0.3, -0.25) is 9.48 Å². The molecule has 0 saturated heterocycles. The van der Waals surface area contributed by atoms with Crippen molar-refractivity contribution in [2.45, 2.75) is 13.3 Å². The van der Waals surface area contributed by atoms with Crippen LogP contribution in [-0.4, -0.2) is 22.7 Å². The quantitative estimate of drug-likeness (QED) is 0.849. The number of benzene rings is 1. The molecule has 5 heteroatoms. The largest absolute Gasteiger partial charge is 0.496 e. The second kappa shape index (κ2) is 5.14. The third-order valence-electron chi connectivity index (χ3n) is 3.07. The van der Waals surface area contributed by atoms with Crippen LogP contribution in [0.1, 0.15) is 21.5 Å². The molecule has 0 radical (unpaired) electrons. The molecule has 1 aromatic heterocycles. The molecule has 0 spiro atoms. The van der Waals surface area contributed by atoms with Crippen LogP contribution in [0.3, 0.4) is 0 Å². The molecule has 0 fully saturated rings. The SMILES string of the molecule is COc1ccc(C)cc1CC(=O)c1cnn(C)c1N. The summed E-state index contributed by atoms with van der Waals surface area (Å²) >= 11 is 0.